The maximum Gasteiger partial charge on any atom is 0.325 e. The number of hydrogen-bond donors (Lipinski definition) is 2. The third kappa shape index (κ3) is 3.62. The lowest BCUT2D eigenvalue weighted by molar-refractivity contribution is -0.144. The predicted molar refractivity (Wildman–Crippen MR) is 108 cm³/mol. The van der Waals surface area contributed by atoms with E-state index in [0.717, 1.165) is 54.5 Å². The Labute approximate surface area is 159 Å². The van der Waals surface area contributed by atoms with Gasteiger partial charge in [-0.1, -0.05) is 48.5 Å². The highest BCUT2D eigenvalue weighted by Crippen LogP contribution is 2.34. The van der Waals surface area contributed by atoms with Gasteiger partial charge in [-0.25, -0.2) is 0 Å². The SMILES string of the molecule is Cc1[nH]c2ccccc2c1C(C(=O)O)N1CCC(Cc2ccccc2)CC1. The Morgan fingerprint density at radius 3 is 2.48 bits per heavy atom. The minimum Gasteiger partial charge on any atom is -0.480 e. The topological polar surface area (TPSA) is 56.3 Å². The highest BCUT2D eigenvalue weighted by Gasteiger charge is 2.33. The van der Waals surface area contributed by atoms with Crippen molar-refractivity contribution in [1.29, 1.82) is 0 Å². The summed E-state index contributed by atoms with van der Waals surface area (Å²) in [5, 5.41) is 11.0. The molecule has 1 unspecified atom stereocenters. The van der Waals surface area contributed by atoms with Crippen molar-refractivity contribution in [1.82, 2.24) is 9.88 Å². The van der Waals surface area contributed by atoms with Crippen LogP contribution in [0.3, 0.4) is 0 Å². The Morgan fingerprint density at radius 2 is 1.78 bits per heavy atom. The number of fused-ring (bicyclic) bond motifs is 1. The number of aromatic amines is 1. The summed E-state index contributed by atoms with van der Waals surface area (Å²) in [5.74, 6) is -0.133. The molecule has 140 valence electrons. The average Bonchev–Trinajstić information content (AvgIpc) is 3.00. The number of piperidine rings is 1. The third-order valence-corrected chi connectivity index (χ3v) is 5.83. The van der Waals surface area contributed by atoms with Crippen LogP contribution < -0.4 is 0 Å². The van der Waals surface area contributed by atoms with Crippen molar-refractivity contribution in [3.05, 3.63) is 71.4 Å². The van der Waals surface area contributed by atoms with Crippen molar-refractivity contribution >= 4 is 16.9 Å². The molecule has 0 spiro atoms. The van der Waals surface area contributed by atoms with Crippen LogP contribution in [0, 0.1) is 12.8 Å². The monoisotopic (exact) mass is 362 g/mol. The van der Waals surface area contributed by atoms with Gasteiger partial charge in [0.2, 0.25) is 0 Å². The van der Waals surface area contributed by atoms with Gasteiger partial charge in [0, 0.05) is 22.2 Å². The van der Waals surface area contributed by atoms with E-state index in [1.54, 1.807) is 0 Å². The molecule has 2 aromatic carbocycles. The average molecular weight is 362 g/mol. The molecule has 1 aromatic heterocycles. The molecule has 1 atom stereocenters. The van der Waals surface area contributed by atoms with Gasteiger partial charge < -0.3 is 10.1 Å². The van der Waals surface area contributed by atoms with Crippen LogP contribution >= 0.6 is 0 Å². The van der Waals surface area contributed by atoms with E-state index in [1.807, 2.05) is 37.3 Å². The summed E-state index contributed by atoms with van der Waals surface area (Å²) in [4.78, 5) is 17.7. The van der Waals surface area contributed by atoms with E-state index in [2.05, 4.69) is 34.1 Å². The lowest BCUT2D eigenvalue weighted by Crippen LogP contribution is -2.40. The van der Waals surface area contributed by atoms with E-state index in [-0.39, 0.29) is 0 Å². The molecule has 2 N–H and O–H groups in total. The summed E-state index contributed by atoms with van der Waals surface area (Å²) in [5.41, 5.74) is 4.25. The molecule has 0 saturated carbocycles. The number of aryl methyl sites for hydroxylation is 1. The highest BCUT2D eigenvalue weighted by atomic mass is 16.4. The summed E-state index contributed by atoms with van der Waals surface area (Å²) in [6.07, 6.45) is 3.17. The number of carbonyl (C=O) groups is 1. The molecular weight excluding hydrogens is 336 g/mol. The van der Waals surface area contributed by atoms with E-state index < -0.39 is 12.0 Å². The standard InChI is InChI=1S/C23H26N2O2/c1-16-21(19-9-5-6-10-20(19)24-16)22(23(26)27)25-13-11-18(12-14-25)15-17-7-3-2-4-8-17/h2-10,18,22,24H,11-15H2,1H3,(H,26,27). The van der Waals surface area contributed by atoms with Crippen LogP contribution in [-0.4, -0.2) is 34.0 Å². The van der Waals surface area contributed by atoms with Gasteiger partial charge in [-0.3, -0.25) is 9.69 Å². The molecule has 1 saturated heterocycles. The molecular formula is C23H26N2O2. The highest BCUT2D eigenvalue weighted by molar-refractivity contribution is 5.90. The number of nitrogens with one attached hydrogen (secondary N) is 1. The predicted octanol–water partition coefficient (Wildman–Crippen LogP) is 4.56. The number of benzene rings is 2. The zero-order valence-corrected chi connectivity index (χ0v) is 15.7. The van der Waals surface area contributed by atoms with Crippen LogP contribution in [0.4, 0.5) is 0 Å². The lowest BCUT2D eigenvalue weighted by Gasteiger charge is -2.36. The minimum absolute atomic E-state index is 0.584. The first-order chi connectivity index (χ1) is 13.1. The quantitative estimate of drug-likeness (QED) is 0.700. The zero-order chi connectivity index (χ0) is 18.8. The molecule has 4 heteroatoms. The second-order valence-corrected chi connectivity index (χ2v) is 7.62. The van der Waals surface area contributed by atoms with E-state index in [4.69, 9.17) is 0 Å². The fourth-order valence-electron chi connectivity index (χ4n) is 4.48. The van der Waals surface area contributed by atoms with Gasteiger partial charge in [0.25, 0.3) is 0 Å². The Morgan fingerprint density at radius 1 is 1.11 bits per heavy atom. The normalized spacial score (nSPS) is 17.2. The van der Waals surface area contributed by atoms with E-state index in [9.17, 15) is 9.90 Å². The van der Waals surface area contributed by atoms with Crippen LogP contribution in [0.5, 0.6) is 0 Å². The molecule has 4 rings (SSSR count). The zero-order valence-electron chi connectivity index (χ0n) is 15.7. The summed E-state index contributed by atoms with van der Waals surface area (Å²) in [7, 11) is 0. The van der Waals surface area contributed by atoms with Crippen molar-refractivity contribution < 1.29 is 9.90 Å². The van der Waals surface area contributed by atoms with Crippen molar-refractivity contribution in [3.8, 4) is 0 Å². The van der Waals surface area contributed by atoms with Gasteiger partial charge >= 0.3 is 5.97 Å². The van der Waals surface area contributed by atoms with Gasteiger partial charge in [0.05, 0.1) is 0 Å². The number of likely N-dealkylation sites (tertiary alicyclic amines) is 1. The number of aromatic nitrogens is 1. The van der Waals surface area contributed by atoms with Gasteiger partial charge in [-0.2, -0.15) is 0 Å². The first kappa shape index (κ1) is 17.8. The Kier molecular flexibility index (Phi) is 4.99. The fourth-order valence-corrected chi connectivity index (χ4v) is 4.48. The van der Waals surface area contributed by atoms with Gasteiger partial charge in [-0.15, -0.1) is 0 Å². The van der Waals surface area contributed by atoms with Crippen LogP contribution in [-0.2, 0) is 11.2 Å². The molecule has 1 aliphatic heterocycles. The lowest BCUT2D eigenvalue weighted by atomic mass is 9.88. The maximum absolute atomic E-state index is 12.2. The number of nitrogens with zero attached hydrogens (tertiary/aromatic N) is 1. The molecule has 2 heterocycles. The summed E-state index contributed by atoms with van der Waals surface area (Å²) < 4.78 is 0. The van der Waals surface area contributed by atoms with Crippen LogP contribution in [0.2, 0.25) is 0 Å². The molecule has 0 bridgehead atoms. The number of para-hydroxylation sites is 1. The van der Waals surface area contributed by atoms with Crippen LogP contribution in [0.25, 0.3) is 10.9 Å². The summed E-state index contributed by atoms with van der Waals surface area (Å²) >= 11 is 0. The fraction of sp³-hybridized carbons (Fsp3) is 0.348. The molecule has 4 nitrogen and oxygen atoms in total. The van der Waals surface area contributed by atoms with Crippen molar-refractivity contribution in [3.63, 3.8) is 0 Å². The molecule has 0 radical (unpaired) electrons. The van der Waals surface area contributed by atoms with Gasteiger partial charge in [0.15, 0.2) is 0 Å². The molecule has 1 aliphatic rings. The minimum atomic E-state index is -0.760. The summed E-state index contributed by atoms with van der Waals surface area (Å²) in [6, 6.07) is 18.0. The molecule has 3 aromatic rings. The first-order valence-electron chi connectivity index (χ1n) is 9.71. The Bertz CT molecular complexity index is 924. The van der Waals surface area contributed by atoms with E-state index >= 15 is 0 Å². The molecule has 0 aliphatic carbocycles. The van der Waals surface area contributed by atoms with E-state index in [1.165, 1.54) is 5.56 Å². The van der Waals surface area contributed by atoms with Gasteiger partial charge in [-0.05, 0) is 56.8 Å². The molecule has 27 heavy (non-hydrogen) atoms. The number of carboxylic acid groups (broad SMARTS) is 1. The number of carboxylic acids is 1. The number of aliphatic carboxylic acids is 1. The second-order valence-electron chi connectivity index (χ2n) is 7.62. The summed E-state index contributed by atoms with van der Waals surface area (Å²) in [6.45, 7) is 3.63. The Balaban J connectivity index is 1.52. The Hall–Kier alpha value is -2.59. The van der Waals surface area contributed by atoms with E-state index in [0.29, 0.717) is 5.92 Å². The number of hydrogen-bond acceptors (Lipinski definition) is 2. The second kappa shape index (κ2) is 7.57. The van der Waals surface area contributed by atoms with Crippen molar-refractivity contribution in [2.75, 3.05) is 13.1 Å². The first-order valence-corrected chi connectivity index (χ1v) is 9.71. The van der Waals surface area contributed by atoms with Crippen molar-refractivity contribution in [2.45, 2.75) is 32.2 Å². The van der Waals surface area contributed by atoms with Crippen LogP contribution in [0.15, 0.2) is 54.6 Å². The maximum atomic E-state index is 12.2. The molecule has 0 amide bonds. The largest absolute Gasteiger partial charge is 0.480 e. The number of rotatable bonds is 5. The van der Waals surface area contributed by atoms with Crippen LogP contribution in [0.1, 0.15) is 35.7 Å². The number of H-pyrrole nitrogens is 1. The van der Waals surface area contributed by atoms with Crippen molar-refractivity contribution in [2.24, 2.45) is 5.92 Å². The smallest absolute Gasteiger partial charge is 0.325 e. The van der Waals surface area contributed by atoms with Gasteiger partial charge in [0.1, 0.15) is 6.04 Å². The third-order valence-electron chi connectivity index (χ3n) is 5.83. The molecule has 1 fully saturated rings.